The largest absolute Gasteiger partial charge is 0.462 e. The molecule has 0 rings (SSSR count). The maximum atomic E-state index is 10.5. The molecule has 0 atom stereocenters. The molecule has 0 amide bonds. The third kappa shape index (κ3) is 6.56. The number of nitrogens with zero attached hydrogens (tertiary/aromatic N) is 1. The minimum atomic E-state index is -1.04. The van der Waals surface area contributed by atoms with E-state index in [-0.39, 0.29) is 6.10 Å². The lowest BCUT2D eigenvalue weighted by molar-refractivity contribution is -0.754. The maximum absolute atomic E-state index is 10.5. The van der Waals surface area contributed by atoms with E-state index in [1.807, 2.05) is 0 Å². The minimum absolute atomic E-state index is 0.280. The third-order valence-corrected chi connectivity index (χ3v) is 0.655. The Morgan fingerprint density at radius 2 is 2.18 bits per heavy atom. The predicted octanol–water partition coefficient (Wildman–Crippen LogP) is 0.146. The fourth-order valence-electron chi connectivity index (χ4n) is 0.402. The van der Waals surface area contributed by atoms with Crippen LogP contribution in [0.1, 0.15) is 13.8 Å². The Morgan fingerprint density at radius 1 is 1.64 bits per heavy atom. The Morgan fingerprint density at radius 3 is 2.55 bits per heavy atom. The summed E-state index contributed by atoms with van der Waals surface area (Å²) in [6, 6.07) is 0. The Kier molecular flexibility index (Phi) is 3.94. The smallest absolute Gasteiger partial charge is 0.332 e. The summed E-state index contributed by atoms with van der Waals surface area (Å²) in [5.74, 6) is -0.739. The molecule has 0 aliphatic heterocycles. The molecule has 0 unspecified atom stereocenters. The fourth-order valence-corrected chi connectivity index (χ4v) is 0.402. The van der Waals surface area contributed by atoms with Gasteiger partial charge in [-0.05, 0) is 13.8 Å². The highest BCUT2D eigenvalue weighted by atomic mass is 17.0. The van der Waals surface area contributed by atoms with Crippen molar-refractivity contribution in [2.45, 2.75) is 20.0 Å². The van der Waals surface area contributed by atoms with E-state index in [9.17, 15) is 14.9 Å². The second-order valence-electron chi connectivity index (χ2n) is 2.04. The van der Waals surface area contributed by atoms with Crippen LogP contribution in [0.5, 0.6) is 0 Å². The molecule has 0 aliphatic rings. The quantitative estimate of drug-likeness (QED) is 0.334. The van der Waals surface area contributed by atoms with E-state index < -0.39 is 17.7 Å². The molecule has 0 saturated carbocycles. The molecule has 0 N–H and O–H groups in total. The summed E-state index contributed by atoms with van der Waals surface area (Å²) in [4.78, 5) is 23.8. The predicted molar refractivity (Wildman–Crippen MR) is 34.2 cm³/mol. The summed E-state index contributed by atoms with van der Waals surface area (Å²) in [7, 11) is 0. The van der Waals surface area contributed by atoms with Gasteiger partial charge in [0.1, 0.15) is 0 Å². The van der Waals surface area contributed by atoms with E-state index in [2.05, 4.69) is 9.57 Å². The highest BCUT2D eigenvalue weighted by Crippen LogP contribution is 1.89. The van der Waals surface area contributed by atoms with Crippen LogP contribution in [-0.4, -0.2) is 23.8 Å². The Bertz CT molecular complexity index is 155. The zero-order valence-electron chi connectivity index (χ0n) is 6.27. The van der Waals surface area contributed by atoms with Gasteiger partial charge in [-0.15, -0.1) is 10.1 Å². The second-order valence-corrected chi connectivity index (χ2v) is 2.04. The van der Waals surface area contributed by atoms with Gasteiger partial charge in [-0.2, -0.15) is 0 Å². The van der Waals surface area contributed by atoms with E-state index in [4.69, 9.17) is 0 Å². The zero-order valence-corrected chi connectivity index (χ0v) is 6.27. The lowest BCUT2D eigenvalue weighted by atomic mass is 10.5. The molecule has 0 aromatic heterocycles. The Balaban J connectivity index is 3.45. The van der Waals surface area contributed by atoms with Crippen molar-refractivity contribution in [2.24, 2.45) is 0 Å². The van der Waals surface area contributed by atoms with E-state index in [0.29, 0.717) is 0 Å². The van der Waals surface area contributed by atoms with Crippen LogP contribution in [0, 0.1) is 10.1 Å². The zero-order chi connectivity index (χ0) is 8.85. The van der Waals surface area contributed by atoms with Crippen molar-refractivity contribution in [3.05, 3.63) is 10.1 Å². The molecule has 6 nitrogen and oxygen atoms in total. The van der Waals surface area contributed by atoms with Crippen molar-refractivity contribution in [1.82, 2.24) is 0 Å². The van der Waals surface area contributed by atoms with Crippen LogP contribution in [-0.2, 0) is 14.4 Å². The summed E-state index contributed by atoms with van der Waals surface area (Å²) >= 11 is 0. The molecule has 0 heterocycles. The molecule has 0 spiro atoms. The van der Waals surface area contributed by atoms with Gasteiger partial charge in [0.25, 0.3) is 5.09 Å². The number of rotatable bonds is 4. The molecule has 0 radical (unpaired) electrons. The first-order chi connectivity index (χ1) is 5.02. The average Bonchev–Trinajstić information content (AvgIpc) is 1.82. The van der Waals surface area contributed by atoms with Crippen LogP contribution in [0.4, 0.5) is 0 Å². The second kappa shape index (κ2) is 4.48. The lowest BCUT2D eigenvalue weighted by Crippen LogP contribution is -2.18. The molecule has 0 saturated heterocycles. The van der Waals surface area contributed by atoms with Crippen molar-refractivity contribution >= 4 is 5.97 Å². The summed E-state index contributed by atoms with van der Waals surface area (Å²) in [6.07, 6.45) is -0.280. The van der Waals surface area contributed by atoms with Gasteiger partial charge in [-0.3, -0.25) is 0 Å². The molecule has 0 aromatic rings. The average molecular weight is 163 g/mol. The van der Waals surface area contributed by atoms with Gasteiger partial charge in [-0.1, -0.05) is 0 Å². The minimum Gasteiger partial charge on any atom is -0.462 e. The van der Waals surface area contributed by atoms with Crippen LogP contribution in [0.3, 0.4) is 0 Å². The summed E-state index contributed by atoms with van der Waals surface area (Å²) in [5.41, 5.74) is 0. The fraction of sp³-hybridized carbons (Fsp3) is 0.800. The van der Waals surface area contributed by atoms with E-state index in [0.717, 1.165) is 0 Å². The van der Waals surface area contributed by atoms with Crippen LogP contribution in [0.2, 0.25) is 0 Å². The molecule has 0 aromatic carbocycles. The van der Waals surface area contributed by atoms with Gasteiger partial charge in [0.05, 0.1) is 6.10 Å². The number of hydrogen-bond donors (Lipinski definition) is 0. The van der Waals surface area contributed by atoms with Crippen molar-refractivity contribution in [2.75, 3.05) is 6.61 Å². The standard InChI is InChI=1S/C5H9NO5/c1-4(2)11-5(7)3-10-6(8)9/h4H,3H2,1-2H3. The van der Waals surface area contributed by atoms with E-state index >= 15 is 0 Å². The van der Waals surface area contributed by atoms with Crippen molar-refractivity contribution < 1.29 is 19.5 Å². The summed E-state index contributed by atoms with van der Waals surface area (Å²) < 4.78 is 4.53. The van der Waals surface area contributed by atoms with Crippen LogP contribution >= 0.6 is 0 Å². The monoisotopic (exact) mass is 163 g/mol. The molecular formula is C5H9NO5. The Labute approximate surface area is 63.2 Å². The van der Waals surface area contributed by atoms with Crippen LogP contribution < -0.4 is 0 Å². The molecule has 64 valence electrons. The summed E-state index contributed by atoms with van der Waals surface area (Å²) in [6.45, 7) is 2.64. The first-order valence-corrected chi connectivity index (χ1v) is 2.99. The topological polar surface area (TPSA) is 78.7 Å². The normalized spacial score (nSPS) is 9.36. The molecular weight excluding hydrogens is 154 g/mol. The highest BCUT2D eigenvalue weighted by molar-refractivity contribution is 5.70. The van der Waals surface area contributed by atoms with E-state index in [1.165, 1.54) is 0 Å². The van der Waals surface area contributed by atoms with Gasteiger partial charge in [0.2, 0.25) is 0 Å². The molecule has 0 fully saturated rings. The lowest BCUT2D eigenvalue weighted by Gasteiger charge is -2.05. The number of esters is 1. The first kappa shape index (κ1) is 9.67. The van der Waals surface area contributed by atoms with E-state index in [1.54, 1.807) is 13.8 Å². The molecule has 6 heteroatoms. The molecule has 11 heavy (non-hydrogen) atoms. The van der Waals surface area contributed by atoms with Gasteiger partial charge in [-0.25, -0.2) is 4.79 Å². The summed E-state index contributed by atoms with van der Waals surface area (Å²) in [5, 5.41) is 8.52. The van der Waals surface area contributed by atoms with Gasteiger partial charge in [0.15, 0.2) is 6.61 Å². The SMILES string of the molecule is CC(C)OC(=O)CO[N+](=O)[O-]. The third-order valence-electron chi connectivity index (χ3n) is 0.655. The first-order valence-electron chi connectivity index (χ1n) is 2.99. The Hall–Kier alpha value is -1.33. The van der Waals surface area contributed by atoms with Crippen molar-refractivity contribution in [1.29, 1.82) is 0 Å². The van der Waals surface area contributed by atoms with Crippen molar-refractivity contribution in [3.63, 3.8) is 0 Å². The number of hydrogen-bond acceptors (Lipinski definition) is 5. The van der Waals surface area contributed by atoms with Gasteiger partial charge in [0, 0.05) is 0 Å². The molecule has 0 bridgehead atoms. The molecule has 0 aliphatic carbocycles. The number of carbonyl (C=O) groups is 1. The van der Waals surface area contributed by atoms with Crippen molar-refractivity contribution in [3.8, 4) is 0 Å². The van der Waals surface area contributed by atoms with Gasteiger partial charge >= 0.3 is 5.97 Å². The van der Waals surface area contributed by atoms with Gasteiger partial charge < -0.3 is 9.57 Å². The number of ether oxygens (including phenoxy) is 1. The number of carbonyl (C=O) groups excluding carboxylic acids is 1. The van der Waals surface area contributed by atoms with Crippen LogP contribution in [0.25, 0.3) is 0 Å². The van der Waals surface area contributed by atoms with Crippen LogP contribution in [0.15, 0.2) is 0 Å². The maximum Gasteiger partial charge on any atom is 0.332 e. The highest BCUT2D eigenvalue weighted by Gasteiger charge is 2.07.